The van der Waals surface area contributed by atoms with Crippen LogP contribution < -0.4 is 0 Å². The lowest BCUT2D eigenvalue weighted by Crippen LogP contribution is -2.33. The molecule has 0 saturated heterocycles. The summed E-state index contributed by atoms with van der Waals surface area (Å²) < 4.78 is 6.33. The highest BCUT2D eigenvalue weighted by atomic mass is 16.5. The molecule has 0 aliphatic heterocycles. The predicted octanol–water partition coefficient (Wildman–Crippen LogP) is 5.33. The predicted molar refractivity (Wildman–Crippen MR) is 77.8 cm³/mol. The number of hydrogen-bond acceptors (Lipinski definition) is 1. The molecule has 1 nitrogen and oxygen atoms in total. The Balaban J connectivity index is 1.78. The molecule has 0 aromatic heterocycles. The summed E-state index contributed by atoms with van der Waals surface area (Å²) in [6.07, 6.45) is 15.8. The van der Waals surface area contributed by atoms with Gasteiger partial charge in [0.2, 0.25) is 0 Å². The van der Waals surface area contributed by atoms with Crippen LogP contribution in [-0.4, -0.2) is 12.7 Å². The van der Waals surface area contributed by atoms with Gasteiger partial charge >= 0.3 is 0 Å². The molecule has 1 heteroatoms. The average molecular weight is 252 g/mol. The summed E-state index contributed by atoms with van der Waals surface area (Å²) in [5.74, 6) is 0.934. The number of ether oxygens (including phenoxy) is 1. The first-order chi connectivity index (χ1) is 8.74. The summed E-state index contributed by atoms with van der Waals surface area (Å²) in [6.45, 7) is 5.77. The van der Waals surface area contributed by atoms with Crippen LogP contribution in [0.5, 0.6) is 0 Å². The van der Waals surface area contributed by atoms with Crippen LogP contribution in [-0.2, 0) is 4.74 Å². The second-order valence-electron chi connectivity index (χ2n) is 7.00. The van der Waals surface area contributed by atoms with Crippen LogP contribution in [0.25, 0.3) is 0 Å². The second-order valence-corrected chi connectivity index (χ2v) is 7.00. The third-order valence-corrected chi connectivity index (χ3v) is 5.28. The van der Waals surface area contributed by atoms with Crippen molar-refractivity contribution in [3.8, 4) is 0 Å². The smallest absolute Gasteiger partial charge is 0.0575 e. The molecule has 2 saturated carbocycles. The molecule has 2 rings (SSSR count). The highest BCUT2D eigenvalue weighted by Gasteiger charge is 2.32. The van der Waals surface area contributed by atoms with Gasteiger partial charge in [-0.25, -0.2) is 0 Å². The zero-order valence-electron chi connectivity index (χ0n) is 12.5. The fraction of sp³-hybridized carbons (Fsp3) is 1.00. The first-order valence-electron chi connectivity index (χ1n) is 8.36. The van der Waals surface area contributed by atoms with Crippen LogP contribution in [0.4, 0.5) is 0 Å². The highest BCUT2D eigenvalue weighted by Crippen LogP contribution is 2.41. The van der Waals surface area contributed by atoms with Crippen molar-refractivity contribution in [2.24, 2.45) is 11.3 Å². The van der Waals surface area contributed by atoms with Gasteiger partial charge in [-0.15, -0.1) is 0 Å². The average Bonchev–Trinajstić information content (AvgIpc) is 2.40. The second kappa shape index (κ2) is 6.93. The maximum absolute atomic E-state index is 6.33. The Morgan fingerprint density at radius 3 is 2.28 bits per heavy atom. The third-order valence-electron chi connectivity index (χ3n) is 5.28. The fourth-order valence-electron chi connectivity index (χ4n) is 3.99. The van der Waals surface area contributed by atoms with Crippen LogP contribution >= 0.6 is 0 Å². The van der Waals surface area contributed by atoms with E-state index in [4.69, 9.17) is 4.74 Å². The Labute approximate surface area is 114 Å². The van der Waals surface area contributed by atoms with Gasteiger partial charge in [0.05, 0.1) is 12.7 Å². The van der Waals surface area contributed by atoms with E-state index in [1.54, 1.807) is 0 Å². The molecule has 106 valence electrons. The standard InChI is InChI=1S/C17H32O/c1-3-11-17(12-5-4-6-13-17)14-18-16-9-7-15(2)8-10-16/h15-16H,3-14H2,1-2H3. The molecule has 0 radical (unpaired) electrons. The van der Waals surface area contributed by atoms with Gasteiger partial charge in [-0.3, -0.25) is 0 Å². The minimum atomic E-state index is 0.552. The van der Waals surface area contributed by atoms with Crippen LogP contribution in [0.3, 0.4) is 0 Å². The van der Waals surface area contributed by atoms with E-state index in [1.165, 1.54) is 70.6 Å². The van der Waals surface area contributed by atoms with Crippen LogP contribution in [0.1, 0.15) is 84.5 Å². The number of rotatable bonds is 5. The molecule has 0 amide bonds. The van der Waals surface area contributed by atoms with Gasteiger partial charge in [0.1, 0.15) is 0 Å². The van der Waals surface area contributed by atoms with Crippen molar-refractivity contribution in [1.29, 1.82) is 0 Å². The highest BCUT2D eigenvalue weighted by molar-refractivity contribution is 4.83. The van der Waals surface area contributed by atoms with Crippen molar-refractivity contribution in [1.82, 2.24) is 0 Å². The minimum absolute atomic E-state index is 0.552. The van der Waals surface area contributed by atoms with Crippen LogP contribution in [0.15, 0.2) is 0 Å². The Bertz CT molecular complexity index is 216. The molecule has 0 aromatic rings. The maximum Gasteiger partial charge on any atom is 0.0575 e. The lowest BCUT2D eigenvalue weighted by Gasteiger charge is -2.39. The van der Waals surface area contributed by atoms with E-state index in [0.29, 0.717) is 11.5 Å². The van der Waals surface area contributed by atoms with E-state index in [2.05, 4.69) is 13.8 Å². The topological polar surface area (TPSA) is 9.23 Å². The molecule has 0 bridgehead atoms. The molecule has 0 atom stereocenters. The molecule has 2 fully saturated rings. The summed E-state index contributed by atoms with van der Waals surface area (Å²) in [6, 6.07) is 0. The van der Waals surface area contributed by atoms with Crippen molar-refractivity contribution in [2.45, 2.75) is 90.6 Å². The van der Waals surface area contributed by atoms with E-state index in [1.807, 2.05) is 0 Å². The molecular formula is C17H32O. The van der Waals surface area contributed by atoms with Gasteiger partial charge in [0, 0.05) is 0 Å². The lowest BCUT2D eigenvalue weighted by atomic mass is 9.72. The molecule has 0 aromatic carbocycles. The Morgan fingerprint density at radius 1 is 1.00 bits per heavy atom. The third kappa shape index (κ3) is 3.98. The van der Waals surface area contributed by atoms with Gasteiger partial charge in [0.25, 0.3) is 0 Å². The van der Waals surface area contributed by atoms with Gasteiger partial charge in [-0.2, -0.15) is 0 Å². The monoisotopic (exact) mass is 252 g/mol. The van der Waals surface area contributed by atoms with E-state index in [9.17, 15) is 0 Å². The van der Waals surface area contributed by atoms with Gasteiger partial charge in [-0.05, 0) is 56.3 Å². The van der Waals surface area contributed by atoms with Crippen LogP contribution in [0.2, 0.25) is 0 Å². The summed E-state index contributed by atoms with van der Waals surface area (Å²) in [7, 11) is 0. The number of hydrogen-bond donors (Lipinski definition) is 0. The Morgan fingerprint density at radius 2 is 1.67 bits per heavy atom. The first kappa shape index (κ1) is 14.4. The van der Waals surface area contributed by atoms with E-state index in [-0.39, 0.29) is 0 Å². The molecule has 0 spiro atoms. The SMILES string of the molecule is CCCC1(COC2CCC(C)CC2)CCCCC1. The van der Waals surface area contributed by atoms with Crippen molar-refractivity contribution in [3.05, 3.63) is 0 Å². The van der Waals surface area contributed by atoms with E-state index >= 15 is 0 Å². The molecule has 2 aliphatic rings. The van der Waals surface area contributed by atoms with Crippen LogP contribution in [0, 0.1) is 11.3 Å². The summed E-state index contributed by atoms with van der Waals surface area (Å²) >= 11 is 0. The summed E-state index contributed by atoms with van der Waals surface area (Å²) in [4.78, 5) is 0. The Kier molecular flexibility index (Phi) is 5.54. The maximum atomic E-state index is 6.33. The zero-order chi connectivity index (χ0) is 12.8. The van der Waals surface area contributed by atoms with Crippen molar-refractivity contribution >= 4 is 0 Å². The Hall–Kier alpha value is -0.0400. The normalized spacial score (nSPS) is 32.3. The van der Waals surface area contributed by atoms with Crippen molar-refractivity contribution in [3.63, 3.8) is 0 Å². The lowest BCUT2D eigenvalue weighted by molar-refractivity contribution is -0.0465. The van der Waals surface area contributed by atoms with E-state index < -0.39 is 0 Å². The molecular weight excluding hydrogens is 220 g/mol. The fourth-order valence-corrected chi connectivity index (χ4v) is 3.99. The molecule has 18 heavy (non-hydrogen) atoms. The molecule has 0 unspecified atom stereocenters. The summed E-state index contributed by atoms with van der Waals surface area (Å²) in [5, 5.41) is 0. The summed E-state index contributed by atoms with van der Waals surface area (Å²) in [5.41, 5.74) is 0.552. The van der Waals surface area contributed by atoms with Gasteiger partial charge in [-0.1, -0.05) is 39.5 Å². The zero-order valence-corrected chi connectivity index (χ0v) is 12.5. The van der Waals surface area contributed by atoms with Crippen molar-refractivity contribution < 1.29 is 4.74 Å². The largest absolute Gasteiger partial charge is 0.378 e. The minimum Gasteiger partial charge on any atom is -0.378 e. The molecule has 0 N–H and O–H groups in total. The quantitative estimate of drug-likeness (QED) is 0.642. The first-order valence-corrected chi connectivity index (χ1v) is 8.36. The van der Waals surface area contributed by atoms with E-state index in [0.717, 1.165) is 12.5 Å². The van der Waals surface area contributed by atoms with Gasteiger partial charge in [0.15, 0.2) is 0 Å². The molecule has 0 heterocycles. The van der Waals surface area contributed by atoms with Gasteiger partial charge < -0.3 is 4.74 Å². The molecule has 2 aliphatic carbocycles. The van der Waals surface area contributed by atoms with Crippen molar-refractivity contribution in [2.75, 3.05) is 6.61 Å².